The van der Waals surface area contributed by atoms with Gasteiger partial charge in [-0.2, -0.15) is 5.10 Å². The number of nitrogens with zero attached hydrogens (tertiary/aromatic N) is 1. The van der Waals surface area contributed by atoms with Crippen LogP contribution in [0.1, 0.15) is 15.2 Å². The number of hydrogen-bond acceptors (Lipinski definition) is 6. The average molecular weight is 434 g/mol. The van der Waals surface area contributed by atoms with Crippen LogP contribution >= 0.6 is 43.2 Å². The van der Waals surface area contributed by atoms with Crippen molar-refractivity contribution in [3.05, 3.63) is 43.0 Å². The van der Waals surface area contributed by atoms with E-state index in [0.717, 1.165) is 4.47 Å². The van der Waals surface area contributed by atoms with Gasteiger partial charge >= 0.3 is 5.97 Å². The van der Waals surface area contributed by atoms with E-state index in [0.29, 0.717) is 20.6 Å². The molecule has 0 unspecified atom stereocenters. The number of phenols is 1. The average Bonchev–Trinajstić information content (AvgIpc) is 2.91. The van der Waals surface area contributed by atoms with Gasteiger partial charge in [0.05, 0.1) is 23.5 Å². The Morgan fingerprint density at radius 1 is 1.48 bits per heavy atom. The smallest absolute Gasteiger partial charge is 0.350 e. The number of hydrazone groups is 1. The van der Waals surface area contributed by atoms with Crippen molar-refractivity contribution in [2.24, 2.45) is 5.10 Å². The number of carbonyl (C=O) groups excluding carboxylic acids is 1. The zero-order valence-electron chi connectivity index (χ0n) is 10.8. The predicted octanol–water partition coefficient (Wildman–Crippen LogP) is 4.21. The molecule has 0 fully saturated rings. The van der Waals surface area contributed by atoms with Gasteiger partial charge in [0.1, 0.15) is 10.6 Å². The van der Waals surface area contributed by atoms with Gasteiger partial charge in [-0.1, -0.05) is 15.9 Å². The normalized spacial score (nSPS) is 10.8. The number of benzene rings is 1. The summed E-state index contributed by atoms with van der Waals surface area (Å²) in [5.74, 6) is -0.335. The molecule has 0 atom stereocenters. The van der Waals surface area contributed by atoms with Crippen LogP contribution in [-0.4, -0.2) is 24.4 Å². The summed E-state index contributed by atoms with van der Waals surface area (Å²) < 4.78 is 6.04. The number of esters is 1. The van der Waals surface area contributed by atoms with Crippen LogP contribution in [0.15, 0.2) is 37.6 Å². The van der Waals surface area contributed by atoms with Crippen molar-refractivity contribution >= 4 is 61.1 Å². The van der Waals surface area contributed by atoms with Crippen molar-refractivity contribution in [2.75, 3.05) is 12.5 Å². The van der Waals surface area contributed by atoms with Crippen LogP contribution in [-0.2, 0) is 4.74 Å². The number of ether oxygens (including phenoxy) is 1. The minimum atomic E-state index is -0.421. The van der Waals surface area contributed by atoms with Crippen molar-refractivity contribution in [2.45, 2.75) is 0 Å². The Morgan fingerprint density at radius 2 is 2.24 bits per heavy atom. The second-order valence-corrected chi connectivity index (χ2v) is 6.54. The number of anilines is 1. The number of methoxy groups -OCH3 is 1. The molecule has 1 aromatic carbocycles. The lowest BCUT2D eigenvalue weighted by Gasteiger charge is -2.04. The molecule has 0 saturated heterocycles. The molecular formula is C13H10Br2N2O3S. The summed E-state index contributed by atoms with van der Waals surface area (Å²) in [7, 11) is 1.33. The number of carbonyl (C=O) groups is 1. The fourth-order valence-electron chi connectivity index (χ4n) is 1.50. The van der Waals surface area contributed by atoms with Gasteiger partial charge in [-0.15, -0.1) is 11.3 Å². The van der Waals surface area contributed by atoms with Crippen LogP contribution < -0.4 is 5.43 Å². The van der Waals surface area contributed by atoms with E-state index >= 15 is 0 Å². The van der Waals surface area contributed by atoms with E-state index in [1.165, 1.54) is 24.7 Å². The number of hydrogen-bond donors (Lipinski definition) is 2. The molecule has 2 N–H and O–H groups in total. The molecular weight excluding hydrogens is 424 g/mol. The topological polar surface area (TPSA) is 70.9 Å². The summed E-state index contributed by atoms with van der Waals surface area (Å²) in [6.07, 6.45) is 1.46. The first-order valence-electron chi connectivity index (χ1n) is 5.66. The number of rotatable bonds is 4. The quantitative estimate of drug-likeness (QED) is 0.430. The highest BCUT2D eigenvalue weighted by atomic mass is 79.9. The van der Waals surface area contributed by atoms with Crippen molar-refractivity contribution in [3.8, 4) is 5.75 Å². The first kappa shape index (κ1) is 16.0. The van der Waals surface area contributed by atoms with Crippen molar-refractivity contribution in [1.82, 2.24) is 0 Å². The van der Waals surface area contributed by atoms with Crippen LogP contribution in [0.25, 0.3) is 0 Å². The Balaban J connectivity index is 2.17. The van der Waals surface area contributed by atoms with Crippen LogP contribution in [0, 0.1) is 0 Å². The van der Waals surface area contributed by atoms with Crippen molar-refractivity contribution < 1.29 is 14.6 Å². The van der Waals surface area contributed by atoms with E-state index in [1.54, 1.807) is 23.6 Å². The minimum absolute atomic E-state index is 0.0854. The second-order valence-electron chi connectivity index (χ2n) is 3.85. The van der Waals surface area contributed by atoms with E-state index in [1.807, 2.05) is 0 Å². The second kappa shape index (κ2) is 7.06. The van der Waals surface area contributed by atoms with Gasteiger partial charge in [0.25, 0.3) is 0 Å². The van der Waals surface area contributed by atoms with Crippen LogP contribution in [0.5, 0.6) is 5.75 Å². The number of aromatic hydroxyl groups is 1. The minimum Gasteiger partial charge on any atom is -0.506 e. The van der Waals surface area contributed by atoms with E-state index in [2.05, 4.69) is 47.1 Å². The van der Waals surface area contributed by atoms with E-state index < -0.39 is 5.97 Å². The molecule has 8 heteroatoms. The Kier molecular flexibility index (Phi) is 5.38. The third kappa shape index (κ3) is 3.84. The van der Waals surface area contributed by atoms with Crippen LogP contribution in [0.3, 0.4) is 0 Å². The molecule has 0 aliphatic heterocycles. The molecule has 0 aliphatic rings. The maximum atomic E-state index is 11.5. The zero-order chi connectivity index (χ0) is 15.4. The van der Waals surface area contributed by atoms with Crippen LogP contribution in [0.4, 0.5) is 5.69 Å². The largest absolute Gasteiger partial charge is 0.506 e. The van der Waals surface area contributed by atoms with Gasteiger partial charge in [-0.3, -0.25) is 5.43 Å². The van der Waals surface area contributed by atoms with Crippen LogP contribution in [0.2, 0.25) is 0 Å². The van der Waals surface area contributed by atoms with E-state index in [9.17, 15) is 9.90 Å². The molecule has 2 aromatic rings. The maximum Gasteiger partial charge on any atom is 0.350 e. The predicted molar refractivity (Wildman–Crippen MR) is 90.4 cm³/mol. The number of phenolic OH excluding ortho intramolecular Hbond substituents is 1. The summed E-state index contributed by atoms with van der Waals surface area (Å²) >= 11 is 7.84. The molecule has 0 aliphatic carbocycles. The summed E-state index contributed by atoms with van der Waals surface area (Å²) in [5.41, 5.74) is 3.84. The van der Waals surface area contributed by atoms with E-state index in [-0.39, 0.29) is 5.75 Å². The van der Waals surface area contributed by atoms with Crippen molar-refractivity contribution in [3.63, 3.8) is 0 Å². The standard InChI is InChI=1S/C13H10Br2N2O3S/c1-20-13(19)12-10(2-3-21-12)17-16-6-7-4-8(14)5-9(15)11(7)18/h2-6,17-18H,1H3/b16-6+. The molecule has 0 saturated carbocycles. The lowest BCUT2D eigenvalue weighted by atomic mass is 10.2. The van der Waals surface area contributed by atoms with Gasteiger partial charge in [0, 0.05) is 10.0 Å². The third-order valence-electron chi connectivity index (χ3n) is 2.48. The van der Waals surface area contributed by atoms with Gasteiger partial charge in [-0.05, 0) is 39.5 Å². The third-order valence-corrected chi connectivity index (χ3v) is 4.44. The SMILES string of the molecule is COC(=O)c1sccc1N/N=C/c1cc(Br)cc(Br)c1O. The first-order chi connectivity index (χ1) is 10.0. The highest BCUT2D eigenvalue weighted by Gasteiger charge is 2.12. The Morgan fingerprint density at radius 3 is 2.95 bits per heavy atom. The number of halogens is 2. The maximum absolute atomic E-state index is 11.5. The summed E-state index contributed by atoms with van der Waals surface area (Å²) in [6.45, 7) is 0. The Labute approximate surface area is 141 Å². The monoisotopic (exact) mass is 432 g/mol. The molecule has 2 rings (SSSR count). The number of nitrogens with one attached hydrogen (secondary N) is 1. The zero-order valence-corrected chi connectivity index (χ0v) is 14.8. The Hall–Kier alpha value is -1.38. The molecule has 0 radical (unpaired) electrons. The lowest BCUT2D eigenvalue weighted by Crippen LogP contribution is -2.01. The van der Waals surface area contributed by atoms with E-state index in [4.69, 9.17) is 0 Å². The molecule has 1 aromatic heterocycles. The molecule has 21 heavy (non-hydrogen) atoms. The summed E-state index contributed by atoms with van der Waals surface area (Å²) in [4.78, 5) is 12.0. The highest BCUT2D eigenvalue weighted by molar-refractivity contribution is 9.11. The summed E-state index contributed by atoms with van der Waals surface area (Å²) in [5, 5.41) is 15.7. The molecule has 0 amide bonds. The highest BCUT2D eigenvalue weighted by Crippen LogP contribution is 2.30. The van der Waals surface area contributed by atoms with Crippen molar-refractivity contribution in [1.29, 1.82) is 0 Å². The molecule has 0 spiro atoms. The van der Waals surface area contributed by atoms with Gasteiger partial charge < -0.3 is 9.84 Å². The van der Waals surface area contributed by atoms with Gasteiger partial charge in [0.15, 0.2) is 0 Å². The molecule has 1 heterocycles. The van der Waals surface area contributed by atoms with Gasteiger partial charge in [-0.25, -0.2) is 4.79 Å². The molecule has 5 nitrogen and oxygen atoms in total. The number of thiophene rings is 1. The fraction of sp³-hybridized carbons (Fsp3) is 0.0769. The molecule has 110 valence electrons. The summed E-state index contributed by atoms with van der Waals surface area (Å²) in [6, 6.07) is 5.18. The lowest BCUT2D eigenvalue weighted by molar-refractivity contribution is 0.0607. The molecule has 0 bridgehead atoms. The Bertz CT molecular complexity index is 701. The van der Waals surface area contributed by atoms with Gasteiger partial charge in [0.2, 0.25) is 0 Å². The first-order valence-corrected chi connectivity index (χ1v) is 8.12. The fourth-order valence-corrected chi connectivity index (χ4v) is 3.52.